The number of carbonyl (C=O) groups is 1. The molecular weight excluding hydrogens is 592 g/mol. The van der Waals surface area contributed by atoms with E-state index >= 15 is 0 Å². The first-order valence-electron chi connectivity index (χ1n) is 13.5. The topological polar surface area (TPSA) is 117 Å². The molecule has 0 bridgehead atoms. The lowest BCUT2D eigenvalue weighted by atomic mass is 9.78. The molecule has 3 N–H and O–H groups in total. The lowest BCUT2D eigenvalue weighted by Gasteiger charge is -2.32. The van der Waals surface area contributed by atoms with Crippen molar-refractivity contribution in [3.63, 3.8) is 0 Å². The summed E-state index contributed by atoms with van der Waals surface area (Å²) >= 11 is 0. The highest BCUT2D eigenvalue weighted by molar-refractivity contribution is 7.85. The lowest BCUT2D eigenvalue weighted by molar-refractivity contribution is -0.135. The van der Waals surface area contributed by atoms with Crippen LogP contribution in [0.2, 0.25) is 0 Å². The van der Waals surface area contributed by atoms with Crippen LogP contribution in [0.25, 0.3) is 0 Å². The number of carboxylic acids is 1. The van der Waals surface area contributed by atoms with Gasteiger partial charge in [-0.2, -0.15) is 0 Å². The molecule has 2 saturated heterocycles. The lowest BCUT2D eigenvalue weighted by Crippen LogP contribution is -2.41. The van der Waals surface area contributed by atoms with Crippen LogP contribution in [0.3, 0.4) is 0 Å². The Balaban J connectivity index is 0.000000934. The van der Waals surface area contributed by atoms with Crippen LogP contribution < -0.4 is 16.7 Å². The van der Waals surface area contributed by atoms with Crippen LogP contribution in [0.4, 0.5) is 17.6 Å². The molecule has 4 rings (SSSR count). The summed E-state index contributed by atoms with van der Waals surface area (Å²) in [6, 6.07) is 7.62. The minimum absolute atomic E-state index is 0.0128. The molecule has 2 aliphatic heterocycles. The highest BCUT2D eigenvalue weighted by Crippen LogP contribution is 2.38. The molecule has 0 saturated carbocycles. The van der Waals surface area contributed by atoms with Crippen LogP contribution >= 0.6 is 0 Å². The van der Waals surface area contributed by atoms with Gasteiger partial charge in [0.15, 0.2) is 0 Å². The van der Waals surface area contributed by atoms with E-state index in [0.29, 0.717) is 0 Å². The smallest absolute Gasteiger partial charge is 0.480 e. The molecule has 0 spiro atoms. The van der Waals surface area contributed by atoms with Crippen molar-refractivity contribution in [1.82, 2.24) is 0 Å². The normalized spacial score (nSPS) is 20.1. The van der Waals surface area contributed by atoms with E-state index in [4.69, 9.17) is 23.7 Å². The summed E-state index contributed by atoms with van der Waals surface area (Å²) in [4.78, 5) is 9.27. The number of halogens is 4. The molecule has 8 nitrogen and oxygen atoms in total. The third kappa shape index (κ3) is 7.69. The van der Waals surface area contributed by atoms with Gasteiger partial charge in [0, 0.05) is 20.9 Å². The molecule has 2 heterocycles. The standard InChI is InChI=1S/C26H32B2F4O5S.C2H5NO2/c1-23(2)24(3,4)35-27(34-23)17-9-15(21(29)30)11-19(13-17)38(33)20-12-16(22(31)32)10-18(14-20)28-36-25(5,6)26(7,8)37-28;3-1-2(4)5/h9-14,21-22H,1-8H3;1,3H2,(H,4,5). The zero-order valence-electron chi connectivity index (χ0n) is 25.4. The van der Waals surface area contributed by atoms with Crippen molar-refractivity contribution in [2.24, 2.45) is 5.73 Å². The van der Waals surface area contributed by atoms with Crippen molar-refractivity contribution in [2.45, 2.75) is 100 Å². The maximum atomic E-state index is 13.9. The highest BCUT2D eigenvalue weighted by Gasteiger charge is 2.53. The molecule has 15 heteroatoms. The molecule has 2 aromatic carbocycles. The number of aliphatic carboxylic acids is 1. The van der Waals surface area contributed by atoms with Crippen molar-refractivity contribution in [3.05, 3.63) is 47.5 Å². The molecule has 236 valence electrons. The monoisotopic (exact) mass is 629 g/mol. The summed E-state index contributed by atoms with van der Waals surface area (Å²) < 4.78 is 93.1. The highest BCUT2D eigenvalue weighted by atomic mass is 32.2. The molecule has 2 aromatic rings. The van der Waals surface area contributed by atoms with Crippen LogP contribution in [0.15, 0.2) is 46.2 Å². The Morgan fingerprint density at radius 3 is 1.23 bits per heavy atom. The summed E-state index contributed by atoms with van der Waals surface area (Å²) in [6.07, 6.45) is -5.72. The molecule has 0 aliphatic carbocycles. The Hall–Kier alpha value is -2.29. The van der Waals surface area contributed by atoms with E-state index in [9.17, 15) is 26.6 Å². The number of rotatable bonds is 7. The molecule has 0 unspecified atom stereocenters. The maximum Gasteiger partial charge on any atom is 0.494 e. The third-order valence-electron chi connectivity index (χ3n) is 8.06. The quantitative estimate of drug-likeness (QED) is 0.343. The first-order chi connectivity index (χ1) is 19.6. The summed E-state index contributed by atoms with van der Waals surface area (Å²) in [5.41, 5.74) is 1.46. The van der Waals surface area contributed by atoms with Crippen LogP contribution in [0, 0.1) is 0 Å². The average Bonchev–Trinajstić information content (AvgIpc) is 3.27. The van der Waals surface area contributed by atoms with Crippen LogP contribution in [0.5, 0.6) is 0 Å². The Bertz CT molecular complexity index is 1250. The molecule has 0 amide bonds. The molecule has 2 fully saturated rings. The fourth-order valence-electron chi connectivity index (χ4n) is 4.12. The van der Waals surface area contributed by atoms with Gasteiger partial charge in [0.2, 0.25) is 0 Å². The van der Waals surface area contributed by atoms with E-state index < -0.39 is 66.3 Å². The van der Waals surface area contributed by atoms with Gasteiger partial charge >= 0.3 is 20.2 Å². The van der Waals surface area contributed by atoms with Gasteiger partial charge in [-0.15, -0.1) is 0 Å². The van der Waals surface area contributed by atoms with E-state index in [2.05, 4.69) is 5.73 Å². The zero-order chi connectivity index (χ0) is 32.7. The van der Waals surface area contributed by atoms with Crippen LogP contribution in [-0.4, -0.2) is 58.5 Å². The maximum absolute atomic E-state index is 13.9. The summed E-state index contributed by atoms with van der Waals surface area (Å²) in [7, 11) is -4.03. The van der Waals surface area contributed by atoms with E-state index in [1.54, 1.807) is 0 Å². The van der Waals surface area contributed by atoms with Gasteiger partial charge in [-0.05, 0) is 90.6 Å². The van der Waals surface area contributed by atoms with Gasteiger partial charge in [-0.25, -0.2) is 21.8 Å². The fourth-order valence-corrected chi connectivity index (χ4v) is 5.37. The minimum Gasteiger partial charge on any atom is -0.480 e. The number of benzene rings is 2. The van der Waals surface area contributed by atoms with E-state index in [1.165, 1.54) is 24.3 Å². The number of nitrogens with two attached hydrogens (primary N) is 1. The molecule has 0 aromatic heterocycles. The van der Waals surface area contributed by atoms with E-state index in [-0.39, 0.29) is 38.4 Å². The largest absolute Gasteiger partial charge is 0.494 e. The van der Waals surface area contributed by atoms with Gasteiger partial charge in [-0.3, -0.25) is 4.79 Å². The molecule has 0 atom stereocenters. The Morgan fingerprint density at radius 1 is 0.721 bits per heavy atom. The third-order valence-corrected chi connectivity index (χ3v) is 9.39. The van der Waals surface area contributed by atoms with Crippen molar-refractivity contribution in [1.29, 1.82) is 0 Å². The number of hydrogen-bond acceptors (Lipinski definition) is 7. The Labute approximate surface area is 252 Å². The molecule has 0 radical (unpaired) electrons. The number of carboxylic acid groups (broad SMARTS) is 1. The molecule has 43 heavy (non-hydrogen) atoms. The van der Waals surface area contributed by atoms with Gasteiger partial charge in [0.25, 0.3) is 12.9 Å². The Morgan fingerprint density at radius 2 is 1.00 bits per heavy atom. The van der Waals surface area contributed by atoms with Gasteiger partial charge in [0.05, 0.1) is 39.7 Å². The second-order valence-corrected chi connectivity index (χ2v) is 13.8. The van der Waals surface area contributed by atoms with E-state index in [1.807, 2.05) is 55.4 Å². The zero-order valence-corrected chi connectivity index (χ0v) is 26.2. The fraction of sp³-hybridized carbons (Fsp3) is 0.536. The predicted molar refractivity (Wildman–Crippen MR) is 156 cm³/mol. The summed E-state index contributed by atoms with van der Waals surface area (Å²) in [6.45, 7) is 14.4. The van der Waals surface area contributed by atoms with Crippen molar-refractivity contribution < 1.29 is 50.3 Å². The minimum atomic E-state index is -2.86. The Kier molecular flexibility index (Phi) is 10.3. The first kappa shape index (κ1) is 35.2. The number of alkyl halides is 4. The van der Waals surface area contributed by atoms with Gasteiger partial charge in [-0.1, -0.05) is 12.1 Å². The van der Waals surface area contributed by atoms with Crippen molar-refractivity contribution >= 4 is 41.9 Å². The summed E-state index contributed by atoms with van der Waals surface area (Å²) in [5.74, 6) is -0.968. The van der Waals surface area contributed by atoms with Crippen molar-refractivity contribution in [2.75, 3.05) is 6.54 Å². The average molecular weight is 629 g/mol. The summed E-state index contributed by atoms with van der Waals surface area (Å²) in [5, 5.41) is 7.60. The second kappa shape index (κ2) is 12.6. The molecule has 2 aliphatic rings. The second-order valence-electron chi connectivity index (χ2n) is 12.3. The van der Waals surface area contributed by atoms with Crippen LogP contribution in [-0.2, 0) is 34.2 Å². The predicted octanol–water partition coefficient (Wildman–Crippen LogP) is 4.36. The van der Waals surface area contributed by atoms with Crippen molar-refractivity contribution in [3.8, 4) is 0 Å². The molecular formula is C28H37B2F4NO7S. The SMILES string of the molecule is CC1(C)OB(c2cc(C(F)F)cc(S(=O)c3cc(B4OC(C)(C)C(C)(C)O4)cc(C(F)F)c3)c2)OC1(C)C.NCC(=O)O. The van der Waals surface area contributed by atoms with E-state index in [0.717, 1.165) is 12.1 Å². The van der Waals surface area contributed by atoms with Gasteiger partial charge in [0.1, 0.15) is 0 Å². The first-order valence-corrected chi connectivity index (χ1v) is 14.7. The van der Waals surface area contributed by atoms with Crippen LogP contribution in [0.1, 0.15) is 79.4 Å². The van der Waals surface area contributed by atoms with Gasteiger partial charge < -0.3 is 29.5 Å². The number of hydrogen-bond donors (Lipinski definition) is 2.